The monoisotopic (exact) mass is 469 g/mol. The lowest BCUT2D eigenvalue weighted by molar-refractivity contribution is -0.113. The minimum Gasteiger partial charge on any atom is -0.497 e. The molecule has 8 nitrogen and oxygen atoms in total. The molecule has 10 heteroatoms. The fourth-order valence-corrected chi connectivity index (χ4v) is 3.73. The first-order valence-electron chi connectivity index (χ1n) is 10.1. The van der Waals surface area contributed by atoms with Crippen LogP contribution in [0.25, 0.3) is 0 Å². The molecule has 0 bridgehead atoms. The number of halogens is 1. The maximum absolute atomic E-state index is 13.0. The van der Waals surface area contributed by atoms with Crippen LogP contribution in [0, 0.1) is 5.82 Å². The van der Waals surface area contributed by atoms with E-state index in [2.05, 4.69) is 27.4 Å². The first-order chi connectivity index (χ1) is 15.9. The SMILES string of the molecule is C=CCn1c(SCC(=O)Nc2ccc(F)cc2)nnc1[C@H](C)NC(=O)c1ccc(OC)cc1. The molecule has 0 saturated carbocycles. The summed E-state index contributed by atoms with van der Waals surface area (Å²) in [5, 5.41) is 14.5. The number of nitrogens with one attached hydrogen (secondary N) is 2. The molecule has 0 aliphatic carbocycles. The Bertz CT molecular complexity index is 1120. The number of allylic oxidation sites excluding steroid dienone is 1. The van der Waals surface area contributed by atoms with Gasteiger partial charge in [-0.05, 0) is 55.5 Å². The molecule has 0 aliphatic heterocycles. The Morgan fingerprint density at radius 3 is 2.52 bits per heavy atom. The number of thioether (sulfide) groups is 1. The number of nitrogens with zero attached hydrogens (tertiary/aromatic N) is 3. The molecule has 2 amide bonds. The molecule has 0 unspecified atom stereocenters. The summed E-state index contributed by atoms with van der Waals surface area (Å²) in [6.07, 6.45) is 1.69. The van der Waals surface area contributed by atoms with Crippen LogP contribution >= 0.6 is 11.8 Å². The van der Waals surface area contributed by atoms with Crippen LogP contribution in [0.5, 0.6) is 5.75 Å². The zero-order valence-electron chi connectivity index (χ0n) is 18.2. The van der Waals surface area contributed by atoms with Crippen LogP contribution in [-0.4, -0.2) is 39.4 Å². The second-order valence-corrected chi connectivity index (χ2v) is 7.95. The van der Waals surface area contributed by atoms with Crippen LogP contribution in [0.2, 0.25) is 0 Å². The van der Waals surface area contributed by atoms with E-state index in [0.29, 0.717) is 34.5 Å². The van der Waals surface area contributed by atoms with E-state index in [4.69, 9.17) is 4.74 Å². The number of aromatic nitrogens is 3. The van der Waals surface area contributed by atoms with Crippen molar-refractivity contribution in [2.45, 2.75) is 24.7 Å². The predicted octanol–water partition coefficient (Wildman–Crippen LogP) is 3.83. The van der Waals surface area contributed by atoms with Gasteiger partial charge in [0.05, 0.1) is 18.9 Å². The summed E-state index contributed by atoms with van der Waals surface area (Å²) < 4.78 is 19.9. The molecule has 0 fully saturated rings. The van der Waals surface area contributed by atoms with Gasteiger partial charge in [-0.3, -0.25) is 9.59 Å². The van der Waals surface area contributed by atoms with Crippen molar-refractivity contribution in [2.75, 3.05) is 18.2 Å². The van der Waals surface area contributed by atoms with Gasteiger partial charge in [0, 0.05) is 17.8 Å². The van der Waals surface area contributed by atoms with Gasteiger partial charge in [0.1, 0.15) is 11.6 Å². The molecule has 0 aliphatic rings. The Labute approximate surface area is 195 Å². The Hall–Kier alpha value is -3.66. The summed E-state index contributed by atoms with van der Waals surface area (Å²) in [5.41, 5.74) is 0.995. The number of carbonyl (C=O) groups is 2. The van der Waals surface area contributed by atoms with Gasteiger partial charge >= 0.3 is 0 Å². The van der Waals surface area contributed by atoms with Gasteiger partial charge in [-0.1, -0.05) is 17.8 Å². The molecule has 2 N–H and O–H groups in total. The molecule has 2 aromatic carbocycles. The summed E-state index contributed by atoms with van der Waals surface area (Å²) in [7, 11) is 1.56. The molecule has 3 rings (SSSR count). The summed E-state index contributed by atoms with van der Waals surface area (Å²) >= 11 is 1.20. The second kappa shape index (κ2) is 11.3. The highest BCUT2D eigenvalue weighted by Crippen LogP contribution is 2.22. The van der Waals surface area contributed by atoms with E-state index in [9.17, 15) is 14.0 Å². The Kier molecular flexibility index (Phi) is 8.20. The Morgan fingerprint density at radius 1 is 1.18 bits per heavy atom. The molecule has 0 saturated heterocycles. The average molecular weight is 470 g/mol. The lowest BCUT2D eigenvalue weighted by Crippen LogP contribution is -2.28. The quantitative estimate of drug-likeness (QED) is 0.346. The second-order valence-electron chi connectivity index (χ2n) is 7.01. The summed E-state index contributed by atoms with van der Waals surface area (Å²) in [5.74, 6) is 0.391. The third-order valence-corrected chi connectivity index (χ3v) is 5.57. The molecule has 33 heavy (non-hydrogen) atoms. The molecule has 1 aromatic heterocycles. The zero-order chi connectivity index (χ0) is 23.8. The summed E-state index contributed by atoms with van der Waals surface area (Å²) in [4.78, 5) is 24.9. The van der Waals surface area contributed by atoms with Crippen LogP contribution in [0.4, 0.5) is 10.1 Å². The third kappa shape index (κ3) is 6.42. The van der Waals surface area contributed by atoms with Crippen molar-refractivity contribution in [2.24, 2.45) is 0 Å². The van der Waals surface area contributed by atoms with Gasteiger partial charge in [-0.15, -0.1) is 16.8 Å². The van der Waals surface area contributed by atoms with Crippen LogP contribution < -0.4 is 15.4 Å². The highest BCUT2D eigenvalue weighted by atomic mass is 32.2. The van der Waals surface area contributed by atoms with Crippen molar-refractivity contribution in [1.82, 2.24) is 20.1 Å². The first-order valence-corrected chi connectivity index (χ1v) is 11.1. The van der Waals surface area contributed by atoms with Gasteiger partial charge in [0.25, 0.3) is 5.91 Å². The average Bonchev–Trinajstić information content (AvgIpc) is 3.22. The normalized spacial score (nSPS) is 11.5. The fourth-order valence-electron chi connectivity index (χ4n) is 2.98. The number of benzene rings is 2. The molecule has 1 heterocycles. The number of hydrogen-bond acceptors (Lipinski definition) is 6. The van der Waals surface area contributed by atoms with Crippen molar-refractivity contribution in [1.29, 1.82) is 0 Å². The summed E-state index contributed by atoms with van der Waals surface area (Å²) in [6.45, 7) is 5.98. The van der Waals surface area contributed by atoms with Gasteiger partial charge in [0.15, 0.2) is 11.0 Å². The van der Waals surface area contributed by atoms with Crippen LogP contribution in [-0.2, 0) is 11.3 Å². The van der Waals surface area contributed by atoms with E-state index in [0.717, 1.165) is 0 Å². The zero-order valence-corrected chi connectivity index (χ0v) is 19.1. The number of anilines is 1. The Morgan fingerprint density at radius 2 is 1.88 bits per heavy atom. The molecule has 1 atom stereocenters. The molecular weight excluding hydrogens is 445 g/mol. The smallest absolute Gasteiger partial charge is 0.251 e. The predicted molar refractivity (Wildman–Crippen MR) is 125 cm³/mol. The molecule has 0 spiro atoms. The largest absolute Gasteiger partial charge is 0.497 e. The third-order valence-electron chi connectivity index (χ3n) is 4.60. The first kappa shape index (κ1) is 24.0. The molecule has 3 aromatic rings. The van der Waals surface area contributed by atoms with Crippen molar-refractivity contribution in [3.8, 4) is 5.75 Å². The minimum atomic E-state index is -0.436. The number of hydrogen-bond donors (Lipinski definition) is 2. The van der Waals surface area contributed by atoms with Crippen molar-refractivity contribution >= 4 is 29.3 Å². The standard InChI is InChI=1S/C23H24FN5O3S/c1-4-13-29-21(15(2)25-22(31)16-5-11-19(32-3)12-6-16)27-28-23(29)33-14-20(30)26-18-9-7-17(24)8-10-18/h4-12,15H,1,13-14H2,2-3H3,(H,25,31)(H,26,30)/t15-/m0/s1. The number of methoxy groups -OCH3 is 1. The minimum absolute atomic E-state index is 0.0826. The molecule has 172 valence electrons. The molecule has 0 radical (unpaired) electrons. The van der Waals surface area contributed by atoms with Crippen LogP contribution in [0.3, 0.4) is 0 Å². The van der Waals surface area contributed by atoms with Crippen molar-refractivity contribution in [3.63, 3.8) is 0 Å². The number of ether oxygens (including phenoxy) is 1. The maximum Gasteiger partial charge on any atom is 0.251 e. The van der Waals surface area contributed by atoms with E-state index in [1.54, 1.807) is 48.9 Å². The van der Waals surface area contributed by atoms with Crippen LogP contribution in [0.15, 0.2) is 66.3 Å². The number of carbonyl (C=O) groups excluding carboxylic acids is 2. The van der Waals surface area contributed by atoms with E-state index in [1.165, 1.54) is 36.0 Å². The number of amides is 2. The summed E-state index contributed by atoms with van der Waals surface area (Å²) in [6, 6.07) is 11.9. The van der Waals surface area contributed by atoms with Gasteiger partial charge < -0.3 is 19.9 Å². The lowest BCUT2D eigenvalue weighted by atomic mass is 10.2. The lowest BCUT2D eigenvalue weighted by Gasteiger charge is -2.15. The Balaban J connectivity index is 1.64. The van der Waals surface area contributed by atoms with E-state index in [1.807, 2.05) is 0 Å². The molecular formula is C23H24FN5O3S. The highest BCUT2D eigenvalue weighted by molar-refractivity contribution is 7.99. The van der Waals surface area contributed by atoms with Crippen molar-refractivity contribution < 1.29 is 18.7 Å². The highest BCUT2D eigenvalue weighted by Gasteiger charge is 2.20. The maximum atomic E-state index is 13.0. The van der Waals surface area contributed by atoms with E-state index < -0.39 is 6.04 Å². The van der Waals surface area contributed by atoms with Gasteiger partial charge in [-0.2, -0.15) is 0 Å². The van der Waals surface area contributed by atoms with E-state index >= 15 is 0 Å². The fraction of sp³-hybridized carbons (Fsp3) is 0.217. The van der Waals surface area contributed by atoms with E-state index in [-0.39, 0.29) is 23.4 Å². The number of rotatable bonds is 10. The van der Waals surface area contributed by atoms with Gasteiger partial charge in [-0.25, -0.2) is 4.39 Å². The van der Waals surface area contributed by atoms with Crippen LogP contribution in [0.1, 0.15) is 29.1 Å². The van der Waals surface area contributed by atoms with Gasteiger partial charge in [0.2, 0.25) is 5.91 Å². The van der Waals surface area contributed by atoms with Crippen molar-refractivity contribution in [3.05, 3.63) is 78.4 Å². The topological polar surface area (TPSA) is 98.1 Å².